The molecule has 0 saturated heterocycles. The molecule has 0 radical (unpaired) electrons. The summed E-state index contributed by atoms with van der Waals surface area (Å²) < 4.78 is 30.9. The molecule has 6 heteroatoms. The Hall–Kier alpha value is -0.850. The second-order valence-corrected chi connectivity index (χ2v) is 8.23. The highest BCUT2D eigenvalue weighted by Crippen LogP contribution is 2.47. The summed E-state index contributed by atoms with van der Waals surface area (Å²) in [6.45, 7) is 7.07. The van der Waals surface area contributed by atoms with Gasteiger partial charge in [-0.05, 0) is 38.3 Å². The van der Waals surface area contributed by atoms with E-state index in [4.69, 9.17) is 4.42 Å². The van der Waals surface area contributed by atoms with Gasteiger partial charge >= 0.3 is 0 Å². The molecule has 1 aromatic heterocycles. The number of hydrogen-bond acceptors (Lipinski definition) is 4. The molecule has 2 rings (SSSR count). The van der Waals surface area contributed by atoms with Crippen LogP contribution in [0.3, 0.4) is 0 Å². The van der Waals surface area contributed by atoms with Gasteiger partial charge < -0.3 is 9.73 Å². The topological polar surface area (TPSA) is 71.3 Å². The molecule has 0 bridgehead atoms. The highest BCUT2D eigenvalue weighted by atomic mass is 32.2. The third-order valence-corrected chi connectivity index (χ3v) is 4.41. The first-order chi connectivity index (χ1) is 9.16. The van der Waals surface area contributed by atoms with E-state index in [-0.39, 0.29) is 0 Å². The van der Waals surface area contributed by atoms with Gasteiger partial charge in [0.1, 0.15) is 11.5 Å². The molecular formula is C14H24N2O3S. The molecule has 0 amide bonds. The zero-order chi connectivity index (χ0) is 15.0. The summed E-state index contributed by atoms with van der Waals surface area (Å²) in [5.41, 5.74) is -0.520. The highest BCUT2D eigenvalue weighted by molar-refractivity contribution is 7.88. The second kappa shape index (κ2) is 5.50. The molecular weight excluding hydrogens is 276 g/mol. The molecule has 2 unspecified atom stereocenters. The minimum absolute atomic E-state index is 0.520. The van der Waals surface area contributed by atoms with E-state index >= 15 is 0 Å². The van der Waals surface area contributed by atoms with Crippen LogP contribution in [0, 0.1) is 5.92 Å². The summed E-state index contributed by atoms with van der Waals surface area (Å²) in [6, 6.07) is 4.04. The minimum Gasteiger partial charge on any atom is -0.464 e. The molecule has 1 saturated carbocycles. The fraction of sp³-hybridized carbons (Fsp3) is 0.714. The van der Waals surface area contributed by atoms with Gasteiger partial charge in [0.25, 0.3) is 0 Å². The Morgan fingerprint density at radius 3 is 2.60 bits per heavy atom. The first kappa shape index (κ1) is 15.5. The molecule has 1 aliphatic rings. The molecule has 2 N–H and O–H groups in total. The van der Waals surface area contributed by atoms with E-state index in [0.717, 1.165) is 17.4 Å². The van der Waals surface area contributed by atoms with Crippen molar-refractivity contribution in [2.24, 2.45) is 5.92 Å². The Balaban J connectivity index is 1.79. The molecule has 0 aromatic carbocycles. The largest absolute Gasteiger partial charge is 0.464 e. The average molecular weight is 300 g/mol. The van der Waals surface area contributed by atoms with E-state index in [2.05, 4.69) is 17.0 Å². The predicted molar refractivity (Wildman–Crippen MR) is 79.0 cm³/mol. The molecule has 2 atom stereocenters. The molecule has 1 heterocycles. The van der Waals surface area contributed by atoms with Crippen LogP contribution in [-0.4, -0.2) is 26.8 Å². The van der Waals surface area contributed by atoms with Gasteiger partial charge in [0, 0.05) is 18.0 Å². The monoisotopic (exact) mass is 300 g/mol. The van der Waals surface area contributed by atoms with Crippen molar-refractivity contribution in [3.8, 4) is 0 Å². The van der Waals surface area contributed by atoms with Gasteiger partial charge in [-0.25, -0.2) is 13.1 Å². The quantitative estimate of drug-likeness (QED) is 0.806. The number of sulfonamides is 1. The van der Waals surface area contributed by atoms with Crippen molar-refractivity contribution in [1.29, 1.82) is 0 Å². The van der Waals surface area contributed by atoms with Gasteiger partial charge in [0.05, 0.1) is 12.8 Å². The molecule has 114 valence electrons. The van der Waals surface area contributed by atoms with Crippen molar-refractivity contribution in [2.75, 3.05) is 12.8 Å². The smallest absolute Gasteiger partial charge is 0.209 e. The van der Waals surface area contributed by atoms with Crippen LogP contribution in [0.25, 0.3) is 0 Å². The fourth-order valence-electron chi connectivity index (χ4n) is 2.44. The van der Waals surface area contributed by atoms with Crippen molar-refractivity contribution in [3.05, 3.63) is 23.7 Å². The van der Waals surface area contributed by atoms with Crippen molar-refractivity contribution < 1.29 is 12.8 Å². The molecule has 5 nitrogen and oxygen atoms in total. The summed E-state index contributed by atoms with van der Waals surface area (Å²) >= 11 is 0. The normalized spacial score (nSPS) is 23.0. The molecule has 1 aliphatic carbocycles. The van der Waals surface area contributed by atoms with Crippen molar-refractivity contribution in [1.82, 2.24) is 10.0 Å². The Morgan fingerprint density at radius 1 is 1.40 bits per heavy atom. The van der Waals surface area contributed by atoms with Crippen LogP contribution < -0.4 is 10.0 Å². The van der Waals surface area contributed by atoms with Crippen molar-refractivity contribution in [2.45, 2.75) is 45.2 Å². The molecule has 1 fully saturated rings. The van der Waals surface area contributed by atoms with Crippen molar-refractivity contribution in [3.63, 3.8) is 0 Å². The van der Waals surface area contributed by atoms with Crippen LogP contribution in [0.15, 0.2) is 16.5 Å². The van der Waals surface area contributed by atoms with E-state index in [1.165, 1.54) is 12.7 Å². The lowest BCUT2D eigenvalue weighted by Crippen LogP contribution is -2.49. The van der Waals surface area contributed by atoms with Crippen LogP contribution in [-0.2, 0) is 16.6 Å². The maximum Gasteiger partial charge on any atom is 0.209 e. The van der Waals surface area contributed by atoms with E-state index in [1.54, 1.807) is 0 Å². The lowest BCUT2D eigenvalue weighted by Gasteiger charge is -2.25. The first-order valence-electron chi connectivity index (χ1n) is 6.94. The van der Waals surface area contributed by atoms with E-state index in [1.807, 2.05) is 26.0 Å². The molecule has 0 aliphatic heterocycles. The van der Waals surface area contributed by atoms with Crippen LogP contribution >= 0.6 is 0 Å². The molecule has 20 heavy (non-hydrogen) atoms. The van der Waals surface area contributed by atoms with Gasteiger partial charge in [0.2, 0.25) is 10.0 Å². The third kappa shape index (κ3) is 4.61. The summed E-state index contributed by atoms with van der Waals surface area (Å²) in [6.07, 6.45) is 2.38. The van der Waals surface area contributed by atoms with E-state index < -0.39 is 15.6 Å². The van der Waals surface area contributed by atoms with Gasteiger partial charge in [0.15, 0.2) is 0 Å². The summed E-state index contributed by atoms with van der Waals surface area (Å²) in [7, 11) is -3.20. The number of nitrogens with one attached hydrogen (secondary N) is 2. The highest BCUT2D eigenvalue weighted by Gasteiger charge is 2.36. The average Bonchev–Trinajstić information content (AvgIpc) is 2.81. The Kier molecular flexibility index (Phi) is 4.27. The van der Waals surface area contributed by atoms with Crippen molar-refractivity contribution >= 4 is 10.0 Å². The van der Waals surface area contributed by atoms with E-state index in [0.29, 0.717) is 19.0 Å². The Morgan fingerprint density at radius 2 is 2.05 bits per heavy atom. The SMILES string of the molecule is CC1CC1c1ccc(CNCC(C)(C)NS(C)(=O)=O)o1. The fourth-order valence-corrected chi connectivity index (χ4v) is 3.52. The Bertz CT molecular complexity index is 563. The lowest BCUT2D eigenvalue weighted by atomic mass is 10.1. The zero-order valence-corrected chi connectivity index (χ0v) is 13.4. The number of rotatable bonds is 7. The molecule has 0 spiro atoms. The summed E-state index contributed by atoms with van der Waals surface area (Å²) in [5, 5.41) is 3.23. The Labute approximate surface area is 121 Å². The van der Waals surface area contributed by atoms with Crippen LogP contribution in [0.2, 0.25) is 0 Å². The van der Waals surface area contributed by atoms with Gasteiger partial charge in [-0.2, -0.15) is 0 Å². The maximum atomic E-state index is 11.2. The van der Waals surface area contributed by atoms with Crippen LogP contribution in [0.5, 0.6) is 0 Å². The maximum absolute atomic E-state index is 11.2. The van der Waals surface area contributed by atoms with Gasteiger partial charge in [-0.1, -0.05) is 6.92 Å². The number of hydrogen-bond donors (Lipinski definition) is 2. The third-order valence-electron chi connectivity index (χ3n) is 3.49. The predicted octanol–water partition coefficient (Wildman–Crippen LogP) is 1.82. The van der Waals surface area contributed by atoms with Gasteiger partial charge in [-0.15, -0.1) is 0 Å². The van der Waals surface area contributed by atoms with E-state index in [9.17, 15) is 8.42 Å². The van der Waals surface area contributed by atoms with Crippen LogP contribution in [0.4, 0.5) is 0 Å². The number of furan rings is 1. The molecule has 1 aromatic rings. The minimum atomic E-state index is -3.20. The zero-order valence-electron chi connectivity index (χ0n) is 12.6. The second-order valence-electron chi connectivity index (χ2n) is 6.49. The first-order valence-corrected chi connectivity index (χ1v) is 8.84. The van der Waals surface area contributed by atoms with Crippen LogP contribution in [0.1, 0.15) is 44.6 Å². The summed E-state index contributed by atoms with van der Waals surface area (Å²) in [5.74, 6) is 3.30. The summed E-state index contributed by atoms with van der Waals surface area (Å²) in [4.78, 5) is 0. The van der Waals surface area contributed by atoms with Gasteiger partial charge in [-0.3, -0.25) is 0 Å². The lowest BCUT2D eigenvalue weighted by molar-refractivity contribution is 0.395. The standard InChI is InChI=1S/C14H24N2O3S/c1-10-7-12(10)13-6-5-11(19-13)8-15-9-14(2,3)16-20(4,17)18/h5-6,10,12,15-16H,7-9H2,1-4H3.